The molecule has 5 nitrogen and oxygen atoms in total. The van der Waals surface area contributed by atoms with E-state index >= 15 is 0 Å². The molecule has 0 saturated carbocycles. The fraction of sp³-hybridized carbons (Fsp3) is 0.556. The molecule has 1 atom stereocenters. The molecule has 0 aliphatic carbocycles. The summed E-state index contributed by atoms with van der Waals surface area (Å²) in [6.07, 6.45) is 7.93. The molecule has 0 spiro atoms. The molecule has 0 N–H and O–H groups in total. The lowest BCUT2D eigenvalue weighted by Gasteiger charge is -2.29. The maximum atomic E-state index is 12.6. The topological polar surface area (TPSA) is 41.4 Å². The Hall–Kier alpha value is -1.66. The van der Waals surface area contributed by atoms with Crippen LogP contribution in [0, 0.1) is 0 Å². The molecular formula is C18H24N4OS. The number of aromatic nitrogens is 2. The van der Waals surface area contributed by atoms with Crippen LogP contribution in [0.25, 0.3) is 0 Å². The largest absolute Gasteiger partial charge is 0.338 e. The van der Waals surface area contributed by atoms with Crippen molar-refractivity contribution >= 4 is 17.2 Å². The second-order valence-electron chi connectivity index (χ2n) is 6.74. The lowest BCUT2D eigenvalue weighted by molar-refractivity contribution is -0.132. The molecule has 24 heavy (non-hydrogen) atoms. The number of rotatable bonds is 5. The van der Waals surface area contributed by atoms with E-state index in [0.717, 1.165) is 39.1 Å². The number of hydrogen-bond donors (Lipinski definition) is 0. The molecule has 0 bridgehead atoms. The molecule has 0 unspecified atom stereocenters. The van der Waals surface area contributed by atoms with Crippen molar-refractivity contribution in [2.45, 2.75) is 44.8 Å². The Bertz CT molecular complexity index is 681. The Balaban J connectivity index is 1.29. The highest BCUT2D eigenvalue weighted by molar-refractivity contribution is 7.10. The standard InChI is InChI=1S/C18H24N4OS/c23-18(21-10-4-17-15(13-21)6-12-24-17)5-11-20-8-1-3-16(20)14-22-9-2-7-19-22/h2,6-7,9,12,16H,1,3-5,8,10-11,13-14H2/t16-/m1/s1. The molecule has 0 radical (unpaired) electrons. The van der Waals surface area contributed by atoms with Crippen LogP contribution in [0.1, 0.15) is 29.7 Å². The number of nitrogens with zero attached hydrogens (tertiary/aromatic N) is 4. The van der Waals surface area contributed by atoms with Crippen molar-refractivity contribution in [3.8, 4) is 0 Å². The van der Waals surface area contributed by atoms with Gasteiger partial charge in [-0.05, 0) is 48.9 Å². The van der Waals surface area contributed by atoms with Crippen molar-refractivity contribution in [3.63, 3.8) is 0 Å². The van der Waals surface area contributed by atoms with Crippen molar-refractivity contribution < 1.29 is 4.79 Å². The predicted octanol–water partition coefficient (Wildman–Crippen LogP) is 2.38. The van der Waals surface area contributed by atoms with E-state index in [0.29, 0.717) is 18.4 Å². The second-order valence-corrected chi connectivity index (χ2v) is 7.75. The molecule has 1 saturated heterocycles. The first-order chi connectivity index (χ1) is 11.8. The summed E-state index contributed by atoms with van der Waals surface area (Å²) in [5, 5.41) is 6.46. The van der Waals surface area contributed by atoms with Crippen LogP contribution in [0.4, 0.5) is 0 Å². The third-order valence-corrected chi connectivity index (χ3v) is 6.25. The fourth-order valence-corrected chi connectivity index (χ4v) is 4.77. The number of carbonyl (C=O) groups excluding carboxylic acids is 1. The lowest BCUT2D eigenvalue weighted by atomic mass is 10.1. The van der Waals surface area contributed by atoms with E-state index in [1.54, 1.807) is 0 Å². The van der Waals surface area contributed by atoms with Gasteiger partial charge in [0.05, 0.1) is 6.54 Å². The Morgan fingerprint density at radius 1 is 1.38 bits per heavy atom. The van der Waals surface area contributed by atoms with Crippen LogP contribution in [-0.2, 0) is 24.3 Å². The van der Waals surface area contributed by atoms with E-state index in [9.17, 15) is 4.79 Å². The first kappa shape index (κ1) is 15.8. The normalized spacial score (nSPS) is 21.2. The van der Waals surface area contributed by atoms with Gasteiger partial charge < -0.3 is 4.90 Å². The predicted molar refractivity (Wildman–Crippen MR) is 94.9 cm³/mol. The fourth-order valence-electron chi connectivity index (χ4n) is 3.88. The average molecular weight is 344 g/mol. The first-order valence-corrected chi connectivity index (χ1v) is 9.72. The van der Waals surface area contributed by atoms with Gasteiger partial charge in [0.15, 0.2) is 0 Å². The van der Waals surface area contributed by atoms with Crippen molar-refractivity contribution in [1.82, 2.24) is 19.6 Å². The number of fused-ring (bicyclic) bond motifs is 1. The first-order valence-electron chi connectivity index (χ1n) is 8.84. The van der Waals surface area contributed by atoms with E-state index in [2.05, 4.69) is 21.4 Å². The SMILES string of the molecule is O=C(CCN1CCC[C@@H]1Cn1cccn1)N1CCc2sccc2C1. The zero-order valence-corrected chi connectivity index (χ0v) is 14.7. The van der Waals surface area contributed by atoms with Crippen molar-refractivity contribution in [2.75, 3.05) is 19.6 Å². The van der Waals surface area contributed by atoms with Gasteiger partial charge in [-0.25, -0.2) is 0 Å². The van der Waals surface area contributed by atoms with Crippen LogP contribution < -0.4 is 0 Å². The molecule has 1 amide bonds. The van der Waals surface area contributed by atoms with Gasteiger partial charge in [0.2, 0.25) is 5.91 Å². The molecule has 4 heterocycles. The highest BCUT2D eigenvalue weighted by Gasteiger charge is 2.27. The van der Waals surface area contributed by atoms with Crippen LogP contribution in [0.5, 0.6) is 0 Å². The Morgan fingerprint density at radius 3 is 3.21 bits per heavy atom. The Labute approximate surface area is 146 Å². The molecule has 1 fully saturated rings. The van der Waals surface area contributed by atoms with E-state index in [4.69, 9.17) is 0 Å². The molecule has 0 aromatic carbocycles. The van der Waals surface area contributed by atoms with Gasteiger partial charge in [0, 0.05) is 49.4 Å². The van der Waals surface area contributed by atoms with Crippen LogP contribution in [0.3, 0.4) is 0 Å². The van der Waals surface area contributed by atoms with Crippen molar-refractivity contribution in [3.05, 3.63) is 40.3 Å². The Morgan fingerprint density at radius 2 is 2.33 bits per heavy atom. The van der Waals surface area contributed by atoms with Crippen molar-refractivity contribution in [1.29, 1.82) is 0 Å². The molecule has 2 aliphatic heterocycles. The van der Waals surface area contributed by atoms with Gasteiger partial charge in [0.25, 0.3) is 0 Å². The summed E-state index contributed by atoms with van der Waals surface area (Å²) in [6, 6.07) is 4.65. The van der Waals surface area contributed by atoms with Crippen LogP contribution in [0.2, 0.25) is 0 Å². The summed E-state index contributed by atoms with van der Waals surface area (Å²) in [5.41, 5.74) is 1.34. The summed E-state index contributed by atoms with van der Waals surface area (Å²) in [6.45, 7) is 4.59. The zero-order chi connectivity index (χ0) is 16.4. The minimum atomic E-state index is 0.302. The highest BCUT2D eigenvalue weighted by Crippen LogP contribution is 2.25. The molecule has 6 heteroatoms. The van der Waals surface area contributed by atoms with Gasteiger partial charge in [-0.1, -0.05) is 0 Å². The van der Waals surface area contributed by atoms with E-state index in [-0.39, 0.29) is 0 Å². The quantitative estimate of drug-likeness (QED) is 0.836. The molecule has 2 aromatic rings. The van der Waals surface area contributed by atoms with Crippen LogP contribution >= 0.6 is 11.3 Å². The van der Waals surface area contributed by atoms with Gasteiger partial charge in [0.1, 0.15) is 0 Å². The van der Waals surface area contributed by atoms with Crippen LogP contribution in [-0.4, -0.2) is 51.2 Å². The summed E-state index contributed by atoms with van der Waals surface area (Å²) in [4.78, 5) is 18.6. The lowest BCUT2D eigenvalue weighted by Crippen LogP contribution is -2.39. The maximum absolute atomic E-state index is 12.6. The number of amides is 1. The third kappa shape index (κ3) is 3.39. The van der Waals surface area contributed by atoms with Crippen LogP contribution in [0.15, 0.2) is 29.9 Å². The molecule has 2 aliphatic rings. The summed E-state index contributed by atoms with van der Waals surface area (Å²) < 4.78 is 2.01. The highest BCUT2D eigenvalue weighted by atomic mass is 32.1. The molecule has 128 valence electrons. The van der Waals surface area contributed by atoms with Gasteiger partial charge in [-0.2, -0.15) is 5.10 Å². The number of hydrogen-bond acceptors (Lipinski definition) is 4. The third-order valence-electron chi connectivity index (χ3n) is 5.23. The Kier molecular flexibility index (Phi) is 4.67. The smallest absolute Gasteiger partial charge is 0.224 e. The van der Waals surface area contributed by atoms with E-state index in [1.165, 1.54) is 23.3 Å². The minimum absolute atomic E-state index is 0.302. The summed E-state index contributed by atoms with van der Waals surface area (Å²) >= 11 is 1.82. The number of carbonyl (C=O) groups is 1. The molecule has 2 aromatic heterocycles. The summed E-state index contributed by atoms with van der Waals surface area (Å²) in [7, 11) is 0. The number of thiophene rings is 1. The second kappa shape index (κ2) is 7.07. The van der Waals surface area contributed by atoms with Gasteiger partial charge in [-0.15, -0.1) is 11.3 Å². The van der Waals surface area contributed by atoms with E-state index in [1.807, 2.05) is 39.4 Å². The van der Waals surface area contributed by atoms with Gasteiger partial charge >= 0.3 is 0 Å². The zero-order valence-electron chi connectivity index (χ0n) is 13.9. The molecule has 4 rings (SSSR count). The van der Waals surface area contributed by atoms with Gasteiger partial charge in [-0.3, -0.25) is 14.4 Å². The monoisotopic (exact) mass is 344 g/mol. The maximum Gasteiger partial charge on any atom is 0.224 e. The minimum Gasteiger partial charge on any atom is -0.338 e. The van der Waals surface area contributed by atoms with Crippen molar-refractivity contribution in [2.24, 2.45) is 0 Å². The van der Waals surface area contributed by atoms with E-state index < -0.39 is 0 Å². The average Bonchev–Trinajstić information content (AvgIpc) is 3.34. The number of likely N-dealkylation sites (tertiary alicyclic amines) is 1. The summed E-state index contributed by atoms with van der Waals surface area (Å²) in [5.74, 6) is 0.302. The molecular weight excluding hydrogens is 320 g/mol.